The molecule has 0 amide bonds. The van der Waals surface area contributed by atoms with Crippen LogP contribution in [0.25, 0.3) is 22.6 Å². The quantitative estimate of drug-likeness (QED) is 0.516. The van der Waals surface area contributed by atoms with Gasteiger partial charge in [-0.25, -0.2) is 9.97 Å². The normalized spacial score (nSPS) is 13.6. The average molecular weight is 391 g/mol. The molecule has 5 rings (SSSR count). The maximum Gasteiger partial charge on any atom is 0.216 e. The molecule has 1 saturated carbocycles. The second-order valence-electron chi connectivity index (χ2n) is 7.07. The van der Waals surface area contributed by atoms with Gasteiger partial charge in [-0.3, -0.25) is 9.36 Å². The van der Waals surface area contributed by atoms with Gasteiger partial charge in [0, 0.05) is 44.5 Å². The number of hydrogen-bond donors (Lipinski definition) is 2. The summed E-state index contributed by atoms with van der Waals surface area (Å²) in [5.74, 6) is 2.48. The molecule has 0 bridgehead atoms. The Kier molecular flexibility index (Phi) is 4.04. The lowest BCUT2D eigenvalue weighted by atomic mass is 10.2. The van der Waals surface area contributed by atoms with Gasteiger partial charge in [-0.1, -0.05) is 0 Å². The molecule has 148 valence electrons. The molecule has 0 aromatic carbocycles. The summed E-state index contributed by atoms with van der Waals surface area (Å²) >= 11 is 0. The van der Waals surface area contributed by atoms with Gasteiger partial charge >= 0.3 is 0 Å². The summed E-state index contributed by atoms with van der Waals surface area (Å²) in [6.07, 6.45) is 5.88. The van der Waals surface area contributed by atoms with Gasteiger partial charge in [-0.2, -0.15) is 15.2 Å². The van der Waals surface area contributed by atoms with Crippen LogP contribution in [0, 0.1) is 0 Å². The number of ether oxygens (including phenoxy) is 1. The van der Waals surface area contributed by atoms with Crippen molar-refractivity contribution >= 4 is 28.4 Å². The summed E-state index contributed by atoms with van der Waals surface area (Å²) in [5.41, 5.74) is 2.50. The Balaban J connectivity index is 1.49. The van der Waals surface area contributed by atoms with Crippen LogP contribution in [-0.4, -0.2) is 47.7 Å². The van der Waals surface area contributed by atoms with E-state index in [0.717, 1.165) is 22.5 Å². The summed E-state index contributed by atoms with van der Waals surface area (Å²) in [4.78, 5) is 13.4. The van der Waals surface area contributed by atoms with Crippen LogP contribution in [0.3, 0.4) is 0 Å². The summed E-state index contributed by atoms with van der Waals surface area (Å²) in [6, 6.07) is 6.13. The lowest BCUT2D eigenvalue weighted by molar-refractivity contribution is 0.397. The fourth-order valence-corrected chi connectivity index (χ4v) is 3.15. The average Bonchev–Trinajstić information content (AvgIpc) is 3.36. The molecular weight excluding hydrogens is 370 g/mol. The van der Waals surface area contributed by atoms with E-state index < -0.39 is 0 Å². The SMILES string of the molecule is COc1ccnc(-c2cc(Nc3cc(NC4CC4)c4cnn(C)c4n3)n(C)n2)n1. The molecule has 0 radical (unpaired) electrons. The molecule has 1 aliphatic carbocycles. The van der Waals surface area contributed by atoms with Gasteiger partial charge in [0.05, 0.1) is 24.4 Å². The van der Waals surface area contributed by atoms with Crippen LogP contribution < -0.4 is 15.4 Å². The first-order valence-corrected chi connectivity index (χ1v) is 9.38. The number of nitrogens with one attached hydrogen (secondary N) is 2. The Hall–Kier alpha value is -3.69. The van der Waals surface area contributed by atoms with E-state index in [1.54, 1.807) is 28.7 Å². The van der Waals surface area contributed by atoms with E-state index in [4.69, 9.17) is 9.72 Å². The zero-order valence-corrected chi connectivity index (χ0v) is 16.4. The number of hydrogen-bond acceptors (Lipinski definition) is 8. The van der Waals surface area contributed by atoms with Gasteiger partial charge in [0.1, 0.15) is 17.3 Å². The van der Waals surface area contributed by atoms with Crippen molar-refractivity contribution in [3.63, 3.8) is 0 Å². The van der Waals surface area contributed by atoms with E-state index in [1.165, 1.54) is 12.8 Å². The summed E-state index contributed by atoms with van der Waals surface area (Å²) in [5, 5.41) is 16.8. The third-order valence-electron chi connectivity index (χ3n) is 4.85. The van der Waals surface area contributed by atoms with E-state index >= 15 is 0 Å². The maximum atomic E-state index is 5.18. The molecule has 0 unspecified atom stereocenters. The Labute approximate surface area is 166 Å². The molecular formula is C19H21N9O. The van der Waals surface area contributed by atoms with Crippen LogP contribution in [0.4, 0.5) is 17.3 Å². The van der Waals surface area contributed by atoms with Crippen molar-refractivity contribution in [1.82, 2.24) is 34.5 Å². The molecule has 29 heavy (non-hydrogen) atoms. The number of methoxy groups -OCH3 is 1. The Morgan fingerprint density at radius 1 is 1.14 bits per heavy atom. The topological polar surface area (TPSA) is 108 Å². The van der Waals surface area contributed by atoms with Gasteiger partial charge in [-0.05, 0) is 12.8 Å². The zero-order valence-electron chi connectivity index (χ0n) is 16.4. The van der Waals surface area contributed by atoms with Crippen molar-refractivity contribution in [2.24, 2.45) is 14.1 Å². The zero-order chi connectivity index (χ0) is 20.0. The van der Waals surface area contributed by atoms with Crippen molar-refractivity contribution in [3.8, 4) is 17.4 Å². The molecule has 10 heteroatoms. The van der Waals surface area contributed by atoms with Gasteiger partial charge in [0.2, 0.25) is 5.88 Å². The molecule has 1 fully saturated rings. The lowest BCUT2D eigenvalue weighted by Crippen LogP contribution is -2.05. The maximum absolute atomic E-state index is 5.18. The van der Waals surface area contributed by atoms with Gasteiger partial charge < -0.3 is 15.4 Å². The predicted molar refractivity (Wildman–Crippen MR) is 109 cm³/mol. The first-order chi connectivity index (χ1) is 14.1. The Morgan fingerprint density at radius 2 is 2.00 bits per heavy atom. The molecule has 2 N–H and O–H groups in total. The second kappa shape index (κ2) is 6.73. The number of anilines is 3. The molecule has 0 aliphatic heterocycles. The van der Waals surface area contributed by atoms with Gasteiger partial charge in [0.15, 0.2) is 11.5 Å². The molecule has 0 spiro atoms. The van der Waals surface area contributed by atoms with Crippen molar-refractivity contribution in [2.45, 2.75) is 18.9 Å². The third-order valence-corrected chi connectivity index (χ3v) is 4.85. The predicted octanol–water partition coefficient (Wildman–Crippen LogP) is 2.49. The number of nitrogens with zero attached hydrogens (tertiary/aromatic N) is 7. The highest BCUT2D eigenvalue weighted by atomic mass is 16.5. The largest absolute Gasteiger partial charge is 0.481 e. The van der Waals surface area contributed by atoms with Crippen molar-refractivity contribution in [3.05, 3.63) is 30.6 Å². The van der Waals surface area contributed by atoms with Gasteiger partial charge in [0.25, 0.3) is 0 Å². The minimum absolute atomic E-state index is 0.495. The first-order valence-electron chi connectivity index (χ1n) is 9.38. The highest BCUT2D eigenvalue weighted by Gasteiger charge is 2.23. The van der Waals surface area contributed by atoms with Crippen molar-refractivity contribution in [2.75, 3.05) is 17.7 Å². The van der Waals surface area contributed by atoms with Gasteiger partial charge in [-0.15, -0.1) is 0 Å². The van der Waals surface area contributed by atoms with Crippen molar-refractivity contribution in [1.29, 1.82) is 0 Å². The number of rotatable bonds is 6. The monoisotopic (exact) mass is 391 g/mol. The molecule has 0 saturated heterocycles. The molecule has 4 aromatic rings. The first kappa shape index (κ1) is 17.4. The van der Waals surface area contributed by atoms with Crippen LogP contribution in [0.5, 0.6) is 5.88 Å². The van der Waals surface area contributed by atoms with E-state index in [9.17, 15) is 0 Å². The highest BCUT2D eigenvalue weighted by Crippen LogP contribution is 2.32. The van der Waals surface area contributed by atoms with Crippen LogP contribution in [0.15, 0.2) is 30.6 Å². The summed E-state index contributed by atoms with van der Waals surface area (Å²) in [7, 11) is 5.32. The summed E-state index contributed by atoms with van der Waals surface area (Å²) in [6.45, 7) is 0. The standard InChI is InChI=1S/C19H21N9O/c1-27-16(9-14(26-27)18-20-7-6-17(25-18)29-3)23-15-8-13(22-11-4-5-11)12-10-21-28(2)19(12)24-15/h6-11H,4-5H2,1-3H3,(H2,22,23,24). The third kappa shape index (κ3) is 3.33. The van der Waals surface area contributed by atoms with E-state index in [1.807, 2.05) is 32.4 Å². The molecule has 1 aliphatic rings. The molecule has 4 heterocycles. The Morgan fingerprint density at radius 3 is 2.79 bits per heavy atom. The molecule has 4 aromatic heterocycles. The lowest BCUT2D eigenvalue weighted by Gasteiger charge is -2.11. The number of fused-ring (bicyclic) bond motifs is 1. The minimum Gasteiger partial charge on any atom is -0.481 e. The smallest absolute Gasteiger partial charge is 0.216 e. The van der Waals surface area contributed by atoms with Crippen LogP contribution >= 0.6 is 0 Å². The fourth-order valence-electron chi connectivity index (χ4n) is 3.15. The summed E-state index contributed by atoms with van der Waals surface area (Å²) < 4.78 is 8.69. The number of aryl methyl sites for hydroxylation is 2. The second-order valence-corrected chi connectivity index (χ2v) is 7.07. The fraction of sp³-hybridized carbons (Fsp3) is 0.316. The van der Waals surface area contributed by atoms with E-state index in [0.29, 0.717) is 29.3 Å². The van der Waals surface area contributed by atoms with E-state index in [-0.39, 0.29) is 0 Å². The minimum atomic E-state index is 0.495. The van der Waals surface area contributed by atoms with Crippen LogP contribution in [0.2, 0.25) is 0 Å². The number of aromatic nitrogens is 7. The highest BCUT2D eigenvalue weighted by molar-refractivity contribution is 5.91. The molecule has 10 nitrogen and oxygen atoms in total. The van der Waals surface area contributed by atoms with E-state index in [2.05, 4.69) is 30.8 Å². The van der Waals surface area contributed by atoms with Crippen molar-refractivity contribution < 1.29 is 4.74 Å². The Bertz CT molecular complexity index is 1190. The van der Waals surface area contributed by atoms with Crippen LogP contribution in [-0.2, 0) is 14.1 Å². The van der Waals surface area contributed by atoms with Crippen LogP contribution in [0.1, 0.15) is 12.8 Å². The molecule has 0 atom stereocenters. The number of pyridine rings is 1.